The lowest BCUT2D eigenvalue weighted by atomic mass is 9.96. The van der Waals surface area contributed by atoms with Crippen LogP contribution in [-0.2, 0) is 16.0 Å². The van der Waals surface area contributed by atoms with E-state index in [0.29, 0.717) is 26.2 Å². The average molecular weight is 339 g/mol. The highest BCUT2D eigenvalue weighted by Crippen LogP contribution is 2.19. The van der Waals surface area contributed by atoms with Crippen LogP contribution in [0, 0.1) is 17.6 Å². The third kappa shape index (κ3) is 4.74. The molecular weight excluding hydrogens is 316 g/mol. The summed E-state index contributed by atoms with van der Waals surface area (Å²) in [5.41, 5.74) is 5.56. The molecular formula is C17H23F2N3O2. The van der Waals surface area contributed by atoms with E-state index in [-0.39, 0.29) is 36.1 Å². The van der Waals surface area contributed by atoms with E-state index in [1.807, 2.05) is 0 Å². The summed E-state index contributed by atoms with van der Waals surface area (Å²) in [5.74, 6) is -2.28. The van der Waals surface area contributed by atoms with Crippen molar-refractivity contribution >= 4 is 11.8 Å². The van der Waals surface area contributed by atoms with Crippen LogP contribution in [0.25, 0.3) is 0 Å². The minimum absolute atomic E-state index is 0.0888. The summed E-state index contributed by atoms with van der Waals surface area (Å²) in [6.45, 7) is 1.74. The van der Waals surface area contributed by atoms with Crippen molar-refractivity contribution in [2.45, 2.75) is 25.7 Å². The Labute approximate surface area is 140 Å². The summed E-state index contributed by atoms with van der Waals surface area (Å²) in [5, 5.41) is 2.74. The number of likely N-dealkylation sites (tertiary alicyclic amines) is 1. The molecule has 5 nitrogen and oxygen atoms in total. The number of hydrogen-bond acceptors (Lipinski definition) is 3. The summed E-state index contributed by atoms with van der Waals surface area (Å²) in [7, 11) is 0. The fourth-order valence-electron chi connectivity index (χ4n) is 2.90. The summed E-state index contributed by atoms with van der Waals surface area (Å²) in [4.78, 5) is 25.9. The fourth-order valence-corrected chi connectivity index (χ4v) is 2.90. The van der Waals surface area contributed by atoms with Gasteiger partial charge in [-0.05, 0) is 30.9 Å². The van der Waals surface area contributed by atoms with E-state index in [9.17, 15) is 18.4 Å². The number of rotatable bonds is 6. The maximum Gasteiger partial charge on any atom is 0.224 e. The normalized spacial score (nSPS) is 17.6. The molecule has 1 aromatic rings. The highest BCUT2D eigenvalue weighted by atomic mass is 19.2. The number of nitrogens with two attached hydrogens (primary N) is 1. The molecule has 1 aromatic carbocycles. The number of nitrogens with zero attached hydrogens (tertiary/aromatic N) is 1. The van der Waals surface area contributed by atoms with Gasteiger partial charge in [0.05, 0.1) is 5.92 Å². The molecule has 0 saturated carbocycles. The molecule has 1 heterocycles. The number of hydrogen-bond donors (Lipinski definition) is 2. The van der Waals surface area contributed by atoms with Crippen LogP contribution >= 0.6 is 0 Å². The molecule has 3 N–H and O–H groups in total. The second-order valence-corrected chi connectivity index (χ2v) is 5.97. The van der Waals surface area contributed by atoms with Gasteiger partial charge in [-0.25, -0.2) is 8.78 Å². The number of carbonyl (C=O) groups is 2. The Morgan fingerprint density at radius 2 is 2.12 bits per heavy atom. The van der Waals surface area contributed by atoms with Crippen molar-refractivity contribution in [1.29, 1.82) is 0 Å². The number of benzene rings is 1. The van der Waals surface area contributed by atoms with Gasteiger partial charge < -0.3 is 16.0 Å². The third-order valence-electron chi connectivity index (χ3n) is 4.23. The lowest BCUT2D eigenvalue weighted by Crippen LogP contribution is -2.46. The van der Waals surface area contributed by atoms with Crippen LogP contribution in [0.4, 0.5) is 8.78 Å². The van der Waals surface area contributed by atoms with E-state index in [4.69, 9.17) is 5.73 Å². The lowest BCUT2D eigenvalue weighted by Gasteiger charge is -2.32. The number of nitrogens with one attached hydrogen (secondary N) is 1. The second-order valence-electron chi connectivity index (χ2n) is 5.97. The van der Waals surface area contributed by atoms with Gasteiger partial charge in [0.2, 0.25) is 11.8 Å². The minimum atomic E-state index is -0.908. The smallest absolute Gasteiger partial charge is 0.224 e. The zero-order chi connectivity index (χ0) is 17.5. The summed E-state index contributed by atoms with van der Waals surface area (Å²) in [6.07, 6.45) is 1.72. The first-order valence-corrected chi connectivity index (χ1v) is 8.21. The minimum Gasteiger partial charge on any atom is -0.355 e. The Kier molecular flexibility index (Phi) is 6.66. The molecule has 1 aliphatic heterocycles. The monoisotopic (exact) mass is 339 g/mol. The van der Waals surface area contributed by atoms with Gasteiger partial charge in [0.1, 0.15) is 0 Å². The maximum atomic E-state index is 13.6. The zero-order valence-electron chi connectivity index (χ0n) is 13.6. The van der Waals surface area contributed by atoms with Gasteiger partial charge >= 0.3 is 0 Å². The van der Waals surface area contributed by atoms with Gasteiger partial charge in [-0.3, -0.25) is 9.59 Å². The third-order valence-corrected chi connectivity index (χ3v) is 4.23. The van der Waals surface area contributed by atoms with Crippen LogP contribution < -0.4 is 11.1 Å². The van der Waals surface area contributed by atoms with Crippen LogP contribution in [0.15, 0.2) is 18.2 Å². The van der Waals surface area contributed by atoms with Crippen molar-refractivity contribution in [2.24, 2.45) is 11.7 Å². The molecule has 0 spiro atoms. The Bertz CT molecular complexity index is 595. The standard InChI is InChI=1S/C17H23F2N3O2/c18-14-5-1-3-12(16(14)19)6-7-15(23)22-10-2-4-13(11-22)17(24)21-9-8-20/h1,3,5,13H,2,4,6-11,20H2,(H,21,24). The molecule has 1 saturated heterocycles. The van der Waals surface area contributed by atoms with Gasteiger partial charge in [0, 0.05) is 32.6 Å². The van der Waals surface area contributed by atoms with Gasteiger partial charge in [-0.15, -0.1) is 0 Å². The van der Waals surface area contributed by atoms with Crippen molar-refractivity contribution in [3.05, 3.63) is 35.4 Å². The van der Waals surface area contributed by atoms with Crippen LogP contribution in [0.5, 0.6) is 0 Å². The predicted octanol–water partition coefficient (Wildman–Crippen LogP) is 1.21. The topological polar surface area (TPSA) is 75.4 Å². The average Bonchev–Trinajstić information content (AvgIpc) is 2.60. The van der Waals surface area contributed by atoms with Gasteiger partial charge in [-0.1, -0.05) is 12.1 Å². The molecule has 7 heteroatoms. The van der Waals surface area contributed by atoms with E-state index in [1.54, 1.807) is 4.90 Å². The predicted molar refractivity (Wildman–Crippen MR) is 86.0 cm³/mol. The van der Waals surface area contributed by atoms with Crippen molar-refractivity contribution in [3.8, 4) is 0 Å². The van der Waals surface area contributed by atoms with Crippen LogP contribution in [0.1, 0.15) is 24.8 Å². The molecule has 0 radical (unpaired) electrons. The van der Waals surface area contributed by atoms with Crippen molar-refractivity contribution in [3.63, 3.8) is 0 Å². The van der Waals surface area contributed by atoms with Gasteiger partial charge in [-0.2, -0.15) is 0 Å². The summed E-state index contributed by atoms with van der Waals surface area (Å²) >= 11 is 0. The molecule has 1 fully saturated rings. The first kappa shape index (κ1) is 18.3. The van der Waals surface area contributed by atoms with Gasteiger partial charge in [0.15, 0.2) is 11.6 Å². The number of carbonyl (C=O) groups excluding carboxylic acids is 2. The van der Waals surface area contributed by atoms with Crippen molar-refractivity contribution < 1.29 is 18.4 Å². The Hall–Kier alpha value is -2.02. The summed E-state index contributed by atoms with van der Waals surface area (Å²) < 4.78 is 26.8. The molecule has 2 amide bonds. The fraction of sp³-hybridized carbons (Fsp3) is 0.529. The molecule has 1 atom stereocenters. The van der Waals surface area contributed by atoms with Crippen LogP contribution in [0.2, 0.25) is 0 Å². The summed E-state index contributed by atoms with van der Waals surface area (Å²) in [6, 6.07) is 3.96. The number of amides is 2. The maximum absolute atomic E-state index is 13.6. The van der Waals surface area contributed by atoms with E-state index < -0.39 is 11.6 Å². The first-order chi connectivity index (χ1) is 11.5. The Morgan fingerprint density at radius 1 is 1.33 bits per heavy atom. The second kappa shape index (κ2) is 8.73. The molecule has 0 aromatic heterocycles. The number of piperidine rings is 1. The Morgan fingerprint density at radius 3 is 2.88 bits per heavy atom. The van der Waals surface area contributed by atoms with Crippen molar-refractivity contribution in [1.82, 2.24) is 10.2 Å². The van der Waals surface area contributed by atoms with Crippen LogP contribution in [0.3, 0.4) is 0 Å². The highest BCUT2D eigenvalue weighted by Gasteiger charge is 2.28. The van der Waals surface area contributed by atoms with Gasteiger partial charge in [0.25, 0.3) is 0 Å². The molecule has 1 aliphatic rings. The first-order valence-electron chi connectivity index (χ1n) is 8.21. The molecule has 132 valence electrons. The van der Waals surface area contributed by atoms with E-state index in [0.717, 1.165) is 18.9 Å². The molecule has 2 rings (SSSR count). The number of aryl methyl sites for hydroxylation is 1. The SMILES string of the molecule is NCCNC(=O)C1CCCN(C(=O)CCc2cccc(F)c2F)C1. The zero-order valence-corrected chi connectivity index (χ0v) is 13.6. The quantitative estimate of drug-likeness (QED) is 0.818. The van der Waals surface area contributed by atoms with Crippen molar-refractivity contribution in [2.75, 3.05) is 26.2 Å². The number of halogens is 2. The van der Waals surface area contributed by atoms with E-state index in [1.165, 1.54) is 12.1 Å². The lowest BCUT2D eigenvalue weighted by molar-refractivity contribution is -0.135. The molecule has 0 aliphatic carbocycles. The largest absolute Gasteiger partial charge is 0.355 e. The molecule has 0 bridgehead atoms. The van der Waals surface area contributed by atoms with E-state index >= 15 is 0 Å². The Balaban J connectivity index is 1.87. The molecule has 24 heavy (non-hydrogen) atoms. The van der Waals surface area contributed by atoms with E-state index in [2.05, 4.69) is 5.32 Å². The van der Waals surface area contributed by atoms with Crippen LogP contribution in [-0.4, -0.2) is 42.9 Å². The molecule has 1 unspecified atom stereocenters. The highest BCUT2D eigenvalue weighted by molar-refractivity contribution is 5.81.